The highest BCUT2D eigenvalue weighted by Crippen LogP contribution is 2.28. The van der Waals surface area contributed by atoms with Crippen LogP contribution in [0.25, 0.3) is 0 Å². The molecule has 0 spiro atoms. The lowest BCUT2D eigenvalue weighted by Gasteiger charge is -2.17. The van der Waals surface area contributed by atoms with Crippen LogP contribution in [0.3, 0.4) is 0 Å². The van der Waals surface area contributed by atoms with Gasteiger partial charge in [0, 0.05) is 28.6 Å². The van der Waals surface area contributed by atoms with Crippen molar-refractivity contribution in [3.8, 4) is 0 Å². The number of carbonyl (C=O) groups is 4. The summed E-state index contributed by atoms with van der Waals surface area (Å²) >= 11 is 1.22. The zero-order valence-corrected chi connectivity index (χ0v) is 19.7. The largest absolute Gasteiger partial charge is 0.454 e. The maximum Gasteiger partial charge on any atom is 0.339 e. The smallest absolute Gasteiger partial charge is 0.339 e. The molecule has 0 aromatic heterocycles. The summed E-state index contributed by atoms with van der Waals surface area (Å²) in [5.74, 6) is -1.19. The molecule has 7 nitrogen and oxygen atoms in total. The number of benzene rings is 2. The summed E-state index contributed by atoms with van der Waals surface area (Å²) in [6, 6.07) is 13.6. The predicted molar refractivity (Wildman–Crippen MR) is 126 cm³/mol. The van der Waals surface area contributed by atoms with Crippen LogP contribution in [0.2, 0.25) is 0 Å². The second-order valence-electron chi connectivity index (χ2n) is 8.25. The lowest BCUT2D eigenvalue weighted by Crippen LogP contribution is -2.26. The van der Waals surface area contributed by atoms with Gasteiger partial charge in [-0.15, -0.1) is 11.8 Å². The maximum absolute atomic E-state index is 12.6. The molecule has 2 aromatic rings. The number of ketones is 1. The standard InChI is InChI=1S/C24H28N2O5S/c1-15(22(29)26-18-12-10-17(11-13-18)25-16(2)27)32-20-9-7-6-8-19(20)23(30)31-14-21(28)24(3,4)5/h6-13,15H,14H2,1-5H3,(H,25,27)(H,26,29)/t15-/m0/s1. The summed E-state index contributed by atoms with van der Waals surface area (Å²) in [5.41, 5.74) is 0.931. The van der Waals surface area contributed by atoms with Crippen molar-refractivity contribution in [2.75, 3.05) is 17.2 Å². The molecule has 32 heavy (non-hydrogen) atoms. The molecule has 2 rings (SSSR count). The Balaban J connectivity index is 2.01. The summed E-state index contributed by atoms with van der Waals surface area (Å²) in [6.07, 6.45) is 0. The van der Waals surface area contributed by atoms with E-state index in [2.05, 4.69) is 10.6 Å². The maximum atomic E-state index is 12.6. The first-order chi connectivity index (χ1) is 15.0. The van der Waals surface area contributed by atoms with Crippen molar-refractivity contribution in [2.24, 2.45) is 5.41 Å². The normalized spacial score (nSPS) is 11.9. The number of esters is 1. The van der Waals surface area contributed by atoms with Gasteiger partial charge in [0.05, 0.1) is 10.8 Å². The van der Waals surface area contributed by atoms with Gasteiger partial charge in [-0.25, -0.2) is 4.79 Å². The Morgan fingerprint density at radius 1 is 0.938 bits per heavy atom. The number of amides is 2. The topological polar surface area (TPSA) is 102 Å². The highest BCUT2D eigenvalue weighted by Gasteiger charge is 2.24. The Hall–Kier alpha value is -3.13. The quantitative estimate of drug-likeness (QED) is 0.447. The minimum Gasteiger partial charge on any atom is -0.454 e. The van der Waals surface area contributed by atoms with E-state index in [1.165, 1.54) is 18.7 Å². The highest BCUT2D eigenvalue weighted by molar-refractivity contribution is 8.00. The zero-order valence-electron chi connectivity index (χ0n) is 18.9. The molecule has 0 saturated carbocycles. The van der Waals surface area contributed by atoms with Crippen molar-refractivity contribution in [2.45, 2.75) is 44.8 Å². The van der Waals surface area contributed by atoms with Gasteiger partial charge in [0.25, 0.3) is 0 Å². The molecule has 0 fully saturated rings. The van der Waals surface area contributed by atoms with Crippen LogP contribution in [-0.4, -0.2) is 35.4 Å². The Bertz CT molecular complexity index is 996. The van der Waals surface area contributed by atoms with Crippen molar-refractivity contribution in [1.82, 2.24) is 0 Å². The molecule has 170 valence electrons. The average molecular weight is 457 g/mol. The Labute approximate surface area is 192 Å². The third-order valence-electron chi connectivity index (χ3n) is 4.42. The number of nitrogens with one attached hydrogen (secondary N) is 2. The van der Waals surface area contributed by atoms with Gasteiger partial charge in [0.15, 0.2) is 12.4 Å². The van der Waals surface area contributed by atoms with Gasteiger partial charge in [0.1, 0.15) is 0 Å². The summed E-state index contributed by atoms with van der Waals surface area (Å²) in [5, 5.41) is 4.97. The second kappa shape index (κ2) is 10.9. The van der Waals surface area contributed by atoms with Gasteiger partial charge in [0.2, 0.25) is 11.8 Å². The number of hydrogen-bond donors (Lipinski definition) is 2. The minimum atomic E-state index is -0.605. The number of anilines is 2. The Kier molecular flexibility index (Phi) is 8.60. The fourth-order valence-electron chi connectivity index (χ4n) is 2.49. The summed E-state index contributed by atoms with van der Waals surface area (Å²) < 4.78 is 5.20. The molecule has 0 heterocycles. The third kappa shape index (κ3) is 7.53. The number of rotatable bonds is 8. The number of thioether (sulfide) groups is 1. The minimum absolute atomic E-state index is 0.173. The molecule has 2 N–H and O–H groups in total. The first-order valence-corrected chi connectivity index (χ1v) is 11.0. The van der Waals surface area contributed by atoms with Crippen LogP contribution in [0.4, 0.5) is 11.4 Å². The van der Waals surface area contributed by atoms with Gasteiger partial charge >= 0.3 is 5.97 Å². The van der Waals surface area contributed by atoms with Crippen LogP contribution in [0, 0.1) is 5.41 Å². The molecule has 0 saturated heterocycles. The van der Waals surface area contributed by atoms with E-state index in [-0.39, 0.29) is 24.2 Å². The molecule has 0 unspecified atom stereocenters. The van der Waals surface area contributed by atoms with Crippen LogP contribution in [0.1, 0.15) is 45.0 Å². The van der Waals surface area contributed by atoms with Crippen LogP contribution in [0.5, 0.6) is 0 Å². The monoisotopic (exact) mass is 456 g/mol. The summed E-state index contributed by atoms with van der Waals surface area (Å²) in [6.45, 7) is 8.15. The number of carbonyl (C=O) groups excluding carboxylic acids is 4. The molecular weight excluding hydrogens is 428 g/mol. The van der Waals surface area contributed by atoms with Crippen LogP contribution < -0.4 is 10.6 Å². The fraction of sp³-hybridized carbons (Fsp3) is 0.333. The van der Waals surface area contributed by atoms with Crippen molar-refractivity contribution < 1.29 is 23.9 Å². The third-order valence-corrected chi connectivity index (χ3v) is 5.60. The molecule has 0 bridgehead atoms. The summed E-state index contributed by atoms with van der Waals surface area (Å²) in [4.78, 5) is 48.9. The summed E-state index contributed by atoms with van der Waals surface area (Å²) in [7, 11) is 0. The predicted octanol–water partition coefficient (Wildman–Crippen LogP) is 4.54. The van der Waals surface area contributed by atoms with Crippen molar-refractivity contribution in [3.05, 3.63) is 54.1 Å². The zero-order chi connectivity index (χ0) is 23.9. The molecule has 0 aliphatic carbocycles. The number of hydrogen-bond acceptors (Lipinski definition) is 6. The molecule has 0 aliphatic rings. The van der Waals surface area contributed by atoms with Gasteiger partial charge in [-0.1, -0.05) is 32.9 Å². The van der Waals surface area contributed by atoms with Crippen LogP contribution in [0.15, 0.2) is 53.4 Å². The van der Waals surface area contributed by atoms with Crippen LogP contribution >= 0.6 is 11.8 Å². The molecule has 8 heteroatoms. The van der Waals surface area contributed by atoms with Crippen LogP contribution in [-0.2, 0) is 19.1 Å². The van der Waals surface area contributed by atoms with Crippen molar-refractivity contribution >= 4 is 46.7 Å². The van der Waals surface area contributed by atoms with Gasteiger partial charge < -0.3 is 15.4 Å². The number of Topliss-reactive ketones (excluding diaryl/α,β-unsaturated/α-hetero) is 1. The van der Waals surface area contributed by atoms with E-state index in [0.29, 0.717) is 21.8 Å². The fourth-order valence-corrected chi connectivity index (χ4v) is 3.47. The van der Waals surface area contributed by atoms with Crippen molar-refractivity contribution in [3.63, 3.8) is 0 Å². The van der Waals surface area contributed by atoms with E-state index in [1.807, 2.05) is 0 Å². The molecule has 2 amide bonds. The van der Waals surface area contributed by atoms with E-state index in [9.17, 15) is 19.2 Å². The van der Waals surface area contributed by atoms with Gasteiger partial charge in [-0.05, 0) is 43.3 Å². The Morgan fingerprint density at radius 2 is 1.50 bits per heavy atom. The van der Waals surface area contributed by atoms with E-state index in [4.69, 9.17) is 4.74 Å². The average Bonchev–Trinajstić information content (AvgIpc) is 2.72. The second-order valence-corrected chi connectivity index (χ2v) is 9.64. The Morgan fingerprint density at radius 3 is 2.06 bits per heavy atom. The molecule has 0 radical (unpaired) electrons. The van der Waals surface area contributed by atoms with E-state index in [0.717, 1.165) is 0 Å². The molecule has 1 atom stereocenters. The van der Waals surface area contributed by atoms with Gasteiger partial charge in [-0.2, -0.15) is 0 Å². The highest BCUT2D eigenvalue weighted by atomic mass is 32.2. The van der Waals surface area contributed by atoms with Crippen molar-refractivity contribution in [1.29, 1.82) is 0 Å². The molecular formula is C24H28N2O5S. The van der Waals surface area contributed by atoms with E-state index in [1.54, 1.807) is 76.2 Å². The lowest BCUT2D eigenvalue weighted by molar-refractivity contribution is -0.129. The molecule has 0 aliphatic heterocycles. The lowest BCUT2D eigenvalue weighted by atomic mass is 9.91. The van der Waals surface area contributed by atoms with E-state index >= 15 is 0 Å². The SMILES string of the molecule is CC(=O)Nc1ccc(NC(=O)[C@H](C)Sc2ccccc2C(=O)OCC(=O)C(C)(C)C)cc1. The molecule has 2 aromatic carbocycles. The number of ether oxygens (including phenoxy) is 1. The van der Waals surface area contributed by atoms with E-state index < -0.39 is 16.6 Å². The first-order valence-electron chi connectivity index (χ1n) is 10.1. The van der Waals surface area contributed by atoms with Gasteiger partial charge in [-0.3, -0.25) is 14.4 Å². The first kappa shape index (κ1) is 25.1.